The number of rotatable bonds is 74. The molecule has 0 heterocycles. The normalized spacial score (nSPS) is 14.4. The zero-order chi connectivity index (χ0) is 71.0. The number of hydrogen-bond donors (Lipinski definition) is 3. The molecule has 96 heavy (non-hydrogen) atoms. The van der Waals surface area contributed by atoms with E-state index in [-0.39, 0.29) is 25.7 Å². The highest BCUT2D eigenvalue weighted by Gasteiger charge is 2.30. The second-order valence-electron chi connectivity index (χ2n) is 29.4. The molecular formula is C77H150O17P2. The fourth-order valence-electron chi connectivity index (χ4n) is 11.7. The summed E-state index contributed by atoms with van der Waals surface area (Å²) < 4.78 is 68.5. The number of hydrogen-bond acceptors (Lipinski definition) is 15. The number of esters is 4. The molecule has 0 saturated heterocycles. The molecule has 0 rings (SSSR count). The third-order valence-electron chi connectivity index (χ3n) is 18.2. The maximum atomic E-state index is 13.1. The van der Waals surface area contributed by atoms with Crippen molar-refractivity contribution in [2.24, 2.45) is 23.7 Å². The molecule has 0 aromatic heterocycles. The number of ether oxygens (including phenoxy) is 4. The van der Waals surface area contributed by atoms with Crippen molar-refractivity contribution in [3.63, 3.8) is 0 Å². The van der Waals surface area contributed by atoms with Crippen molar-refractivity contribution in [1.82, 2.24) is 0 Å². The molecule has 19 heteroatoms. The molecule has 17 nitrogen and oxygen atoms in total. The van der Waals surface area contributed by atoms with Crippen LogP contribution in [0.4, 0.5) is 0 Å². The summed E-state index contributed by atoms with van der Waals surface area (Å²) >= 11 is 0. The Kier molecular flexibility index (Phi) is 65.0. The summed E-state index contributed by atoms with van der Waals surface area (Å²) in [6.07, 6.45) is 51.6. The Morgan fingerprint density at radius 2 is 0.500 bits per heavy atom. The lowest BCUT2D eigenvalue weighted by Gasteiger charge is -2.21. The van der Waals surface area contributed by atoms with Gasteiger partial charge in [0, 0.05) is 25.7 Å². The summed E-state index contributed by atoms with van der Waals surface area (Å²) in [5, 5.41) is 10.6. The van der Waals surface area contributed by atoms with Crippen LogP contribution in [0.3, 0.4) is 0 Å². The Labute approximate surface area is 588 Å². The van der Waals surface area contributed by atoms with E-state index in [0.717, 1.165) is 108 Å². The highest BCUT2D eigenvalue weighted by molar-refractivity contribution is 7.47. The van der Waals surface area contributed by atoms with Gasteiger partial charge < -0.3 is 33.8 Å². The highest BCUT2D eigenvalue weighted by atomic mass is 31.2. The number of aliphatic hydroxyl groups excluding tert-OH is 1. The van der Waals surface area contributed by atoms with Gasteiger partial charge in [0.1, 0.15) is 19.3 Å². The Morgan fingerprint density at radius 3 is 0.740 bits per heavy atom. The predicted molar refractivity (Wildman–Crippen MR) is 391 cm³/mol. The van der Waals surface area contributed by atoms with Gasteiger partial charge in [0.2, 0.25) is 0 Å². The predicted octanol–water partition coefficient (Wildman–Crippen LogP) is 22.4. The molecule has 0 amide bonds. The molecule has 6 atom stereocenters. The van der Waals surface area contributed by atoms with Gasteiger partial charge in [-0.1, -0.05) is 338 Å². The summed E-state index contributed by atoms with van der Waals surface area (Å²) in [6, 6.07) is 0. The first-order valence-corrected chi connectivity index (χ1v) is 42.7. The van der Waals surface area contributed by atoms with Crippen LogP contribution in [0.2, 0.25) is 0 Å². The number of carbonyl (C=O) groups is 4. The zero-order valence-electron chi connectivity index (χ0n) is 63.0. The van der Waals surface area contributed by atoms with E-state index in [1.54, 1.807) is 0 Å². The molecule has 0 bridgehead atoms. The van der Waals surface area contributed by atoms with E-state index in [2.05, 4.69) is 55.4 Å². The molecule has 0 spiro atoms. The van der Waals surface area contributed by atoms with Crippen LogP contribution < -0.4 is 0 Å². The van der Waals surface area contributed by atoms with E-state index < -0.39 is 97.5 Å². The second kappa shape index (κ2) is 66.3. The van der Waals surface area contributed by atoms with Crippen LogP contribution >= 0.6 is 15.6 Å². The van der Waals surface area contributed by atoms with E-state index in [0.29, 0.717) is 31.6 Å². The molecule has 3 N–H and O–H groups in total. The van der Waals surface area contributed by atoms with Crippen LogP contribution in [0.15, 0.2) is 0 Å². The third kappa shape index (κ3) is 69.2. The van der Waals surface area contributed by atoms with Gasteiger partial charge in [0.15, 0.2) is 12.2 Å². The molecule has 0 aliphatic rings. The van der Waals surface area contributed by atoms with Gasteiger partial charge in [-0.15, -0.1) is 0 Å². The molecule has 0 aliphatic carbocycles. The largest absolute Gasteiger partial charge is 0.472 e. The molecule has 0 aromatic carbocycles. The quantitative estimate of drug-likeness (QED) is 0.0222. The maximum absolute atomic E-state index is 13.1. The van der Waals surface area contributed by atoms with E-state index in [9.17, 15) is 43.2 Å². The van der Waals surface area contributed by atoms with Crippen LogP contribution in [-0.2, 0) is 65.4 Å². The van der Waals surface area contributed by atoms with Crippen molar-refractivity contribution in [3.8, 4) is 0 Å². The monoisotopic (exact) mass is 1410 g/mol. The number of phosphoric ester groups is 2. The summed E-state index contributed by atoms with van der Waals surface area (Å²) in [7, 11) is -9.91. The van der Waals surface area contributed by atoms with Crippen molar-refractivity contribution < 1.29 is 80.2 Å². The lowest BCUT2D eigenvalue weighted by molar-refractivity contribution is -0.161. The Morgan fingerprint density at radius 1 is 0.292 bits per heavy atom. The molecule has 570 valence electrons. The Hall–Kier alpha value is -1.94. The summed E-state index contributed by atoms with van der Waals surface area (Å²) in [5.41, 5.74) is 0. The van der Waals surface area contributed by atoms with Gasteiger partial charge in [-0.25, -0.2) is 9.13 Å². The molecule has 0 aromatic rings. The fraction of sp³-hybridized carbons (Fsp3) is 0.948. The summed E-state index contributed by atoms with van der Waals surface area (Å²) in [4.78, 5) is 72.8. The number of phosphoric acid groups is 2. The third-order valence-corrected chi connectivity index (χ3v) is 20.1. The van der Waals surface area contributed by atoms with Crippen LogP contribution in [0, 0.1) is 23.7 Å². The first-order chi connectivity index (χ1) is 46.1. The first kappa shape index (κ1) is 94.1. The highest BCUT2D eigenvalue weighted by Crippen LogP contribution is 2.45. The van der Waals surface area contributed by atoms with Gasteiger partial charge in [0.05, 0.1) is 26.4 Å². The Bertz CT molecular complexity index is 1890. The van der Waals surface area contributed by atoms with Gasteiger partial charge in [-0.3, -0.25) is 37.3 Å². The summed E-state index contributed by atoms with van der Waals surface area (Å²) in [5.74, 6) is 0.924. The molecule has 4 unspecified atom stereocenters. The maximum Gasteiger partial charge on any atom is 0.472 e. The van der Waals surface area contributed by atoms with Crippen LogP contribution in [0.1, 0.15) is 389 Å². The lowest BCUT2D eigenvalue weighted by Crippen LogP contribution is -2.30. The van der Waals surface area contributed by atoms with Crippen molar-refractivity contribution in [3.05, 3.63) is 0 Å². The average Bonchev–Trinajstić information content (AvgIpc) is 1.16. The van der Waals surface area contributed by atoms with Gasteiger partial charge >= 0.3 is 39.5 Å². The molecule has 0 fully saturated rings. The molecule has 0 saturated carbocycles. The topological polar surface area (TPSA) is 237 Å². The van der Waals surface area contributed by atoms with Crippen LogP contribution in [0.5, 0.6) is 0 Å². The average molecular weight is 1410 g/mol. The minimum absolute atomic E-state index is 0.104. The number of carbonyl (C=O) groups excluding carboxylic acids is 4. The van der Waals surface area contributed by atoms with Gasteiger partial charge in [0.25, 0.3) is 0 Å². The fourth-order valence-corrected chi connectivity index (χ4v) is 13.3. The second-order valence-corrected chi connectivity index (χ2v) is 32.3. The molecule has 0 radical (unpaired) electrons. The number of unbranched alkanes of at least 4 members (excludes halogenated alkanes) is 39. The summed E-state index contributed by atoms with van der Waals surface area (Å²) in [6.45, 7) is 14.2. The van der Waals surface area contributed by atoms with Crippen LogP contribution in [-0.4, -0.2) is 96.7 Å². The van der Waals surface area contributed by atoms with E-state index in [1.807, 2.05) is 0 Å². The van der Waals surface area contributed by atoms with Crippen LogP contribution in [0.25, 0.3) is 0 Å². The molecule has 0 aliphatic heterocycles. The minimum atomic E-state index is -4.96. The van der Waals surface area contributed by atoms with E-state index in [1.165, 1.54) is 193 Å². The van der Waals surface area contributed by atoms with Crippen molar-refractivity contribution >= 4 is 39.5 Å². The van der Waals surface area contributed by atoms with Gasteiger partial charge in [-0.2, -0.15) is 0 Å². The number of aliphatic hydroxyl groups is 1. The minimum Gasteiger partial charge on any atom is -0.462 e. The van der Waals surface area contributed by atoms with Crippen molar-refractivity contribution in [2.45, 2.75) is 408 Å². The Balaban J connectivity index is 5.14. The van der Waals surface area contributed by atoms with Gasteiger partial charge in [-0.05, 0) is 49.4 Å². The van der Waals surface area contributed by atoms with E-state index >= 15 is 0 Å². The standard InChI is InChI=1S/C77H150O17P2/c1-9-70(8)56-48-40-32-23-18-16-14-12-10-11-13-15-17-19-24-33-41-49-57-74(79)87-64-73(94-77(82)60-52-44-36-28-31-39-47-55-69(6)7)66-92-96(85,86)90-62-71(78)61-89-95(83,84)91-65-72(63-88-75(80)58-50-42-34-27-26-30-38-46-54-68(4)5)93-76(81)59-51-43-35-25-21-20-22-29-37-45-53-67(2)3/h67-73,78H,9-66H2,1-8H3,(H,83,84)(H,85,86)/t70?,71?,72-,73-/m1/s1. The lowest BCUT2D eigenvalue weighted by atomic mass is 9.99. The molecular weight excluding hydrogens is 1260 g/mol. The zero-order valence-corrected chi connectivity index (χ0v) is 64.8. The smallest absolute Gasteiger partial charge is 0.462 e. The van der Waals surface area contributed by atoms with E-state index in [4.69, 9.17) is 37.0 Å². The first-order valence-electron chi connectivity index (χ1n) is 39.7. The SMILES string of the molecule is CCC(C)CCCCCCCCCCCCCCCCCCCCC(=O)OC[C@H](COP(=O)(O)OCC(O)COP(=O)(O)OC[C@@H](COC(=O)CCCCCCCCCCC(C)C)OC(=O)CCCCCCCCCCCCC(C)C)OC(=O)CCCCCCCCCC(C)C. The van der Waals surface area contributed by atoms with Crippen molar-refractivity contribution in [1.29, 1.82) is 0 Å². The van der Waals surface area contributed by atoms with Crippen molar-refractivity contribution in [2.75, 3.05) is 39.6 Å².